The number of nitrogens with zero attached hydrogens (tertiary/aromatic N) is 2. The van der Waals surface area contributed by atoms with Crippen LogP contribution in [0.5, 0.6) is 0 Å². The summed E-state index contributed by atoms with van der Waals surface area (Å²) in [6.07, 6.45) is 8.35. The van der Waals surface area contributed by atoms with Crippen LogP contribution in [-0.2, 0) is 10.2 Å². The summed E-state index contributed by atoms with van der Waals surface area (Å²) in [5.74, 6) is 0.692. The van der Waals surface area contributed by atoms with Gasteiger partial charge in [0.2, 0.25) is 0 Å². The van der Waals surface area contributed by atoms with Crippen LogP contribution in [-0.4, -0.2) is 32.5 Å². The summed E-state index contributed by atoms with van der Waals surface area (Å²) >= 11 is 0. The first-order valence-corrected chi connectivity index (χ1v) is 7.07. The van der Waals surface area contributed by atoms with E-state index >= 15 is 0 Å². The second-order valence-electron chi connectivity index (χ2n) is 4.69. The molecule has 0 saturated heterocycles. The molecule has 0 amide bonds. The predicted octanol–water partition coefficient (Wildman–Crippen LogP) is 1.61. The van der Waals surface area contributed by atoms with Crippen molar-refractivity contribution in [1.29, 1.82) is 0 Å². The minimum absolute atomic E-state index is 0.346. The van der Waals surface area contributed by atoms with Crippen LogP contribution in [0.25, 0.3) is 0 Å². The van der Waals surface area contributed by atoms with E-state index in [9.17, 15) is 8.42 Å². The third-order valence-corrected chi connectivity index (χ3v) is 4.75. The van der Waals surface area contributed by atoms with Crippen LogP contribution < -0.4 is 0 Å². The molecule has 0 heterocycles. The lowest BCUT2D eigenvalue weighted by molar-refractivity contribution is 0.522. The molecule has 2 bridgehead atoms. The van der Waals surface area contributed by atoms with Crippen LogP contribution in [0.2, 0.25) is 0 Å². The SMILES string of the molecule is CN(C)S(=O)(=O)N=C1[C@@H]2CC=CC[C@H]1CC2. The Labute approximate surface area is 97.2 Å². The molecule has 5 heteroatoms. The molecule has 0 N–H and O–H groups in total. The monoisotopic (exact) mass is 242 g/mol. The van der Waals surface area contributed by atoms with Gasteiger partial charge in [0.15, 0.2) is 0 Å². The molecule has 2 atom stereocenters. The number of hydrogen-bond acceptors (Lipinski definition) is 2. The molecule has 4 nitrogen and oxygen atoms in total. The lowest BCUT2D eigenvalue weighted by Crippen LogP contribution is -2.24. The Bertz CT molecular complexity index is 405. The first kappa shape index (κ1) is 11.8. The number of allylic oxidation sites excluding steroid dienone is 2. The second kappa shape index (κ2) is 4.30. The smallest absolute Gasteiger partial charge is 0.189 e. The quantitative estimate of drug-likeness (QED) is 0.691. The fourth-order valence-electron chi connectivity index (χ4n) is 2.39. The second-order valence-corrected chi connectivity index (χ2v) is 6.50. The Hall–Kier alpha value is -0.680. The third kappa shape index (κ3) is 2.20. The van der Waals surface area contributed by atoms with Crippen molar-refractivity contribution in [3.63, 3.8) is 0 Å². The maximum atomic E-state index is 11.7. The predicted molar refractivity (Wildman–Crippen MR) is 64.6 cm³/mol. The Morgan fingerprint density at radius 2 is 1.69 bits per heavy atom. The van der Waals surface area contributed by atoms with Crippen LogP contribution >= 0.6 is 0 Å². The van der Waals surface area contributed by atoms with Crippen LogP contribution in [0.1, 0.15) is 25.7 Å². The highest BCUT2D eigenvalue weighted by atomic mass is 32.2. The zero-order chi connectivity index (χ0) is 11.8. The average molecular weight is 242 g/mol. The maximum absolute atomic E-state index is 11.7. The van der Waals surface area contributed by atoms with E-state index in [4.69, 9.17) is 0 Å². The molecule has 0 spiro atoms. The number of hydrogen-bond donors (Lipinski definition) is 0. The van der Waals surface area contributed by atoms with Gasteiger partial charge in [0.1, 0.15) is 0 Å². The van der Waals surface area contributed by atoms with Crippen LogP contribution in [0.15, 0.2) is 16.5 Å². The maximum Gasteiger partial charge on any atom is 0.321 e. The lowest BCUT2D eigenvalue weighted by Gasteiger charge is -2.13. The molecule has 16 heavy (non-hydrogen) atoms. The molecule has 90 valence electrons. The summed E-state index contributed by atoms with van der Waals surface area (Å²) in [6, 6.07) is 0. The number of fused-ring (bicyclic) bond motifs is 2. The summed E-state index contributed by atoms with van der Waals surface area (Å²) in [5.41, 5.74) is 0.902. The van der Waals surface area contributed by atoms with Crippen molar-refractivity contribution in [1.82, 2.24) is 4.31 Å². The molecule has 1 fully saturated rings. The van der Waals surface area contributed by atoms with E-state index in [1.54, 1.807) is 0 Å². The standard InChI is InChI=1S/C11H18N2O2S/c1-13(2)16(14,15)12-11-9-5-3-4-6-10(11)8-7-9/h3-4,9-10H,5-8H2,1-2H3/t9-,10+. The fourth-order valence-corrected chi connectivity index (χ4v) is 3.12. The van der Waals surface area contributed by atoms with Gasteiger partial charge in [-0.15, -0.1) is 0 Å². The van der Waals surface area contributed by atoms with Crippen molar-refractivity contribution in [3.05, 3.63) is 12.2 Å². The molecule has 2 rings (SSSR count). The van der Waals surface area contributed by atoms with Crippen LogP contribution in [0, 0.1) is 11.8 Å². The Kier molecular flexibility index (Phi) is 3.17. The van der Waals surface area contributed by atoms with E-state index in [0.717, 1.165) is 31.4 Å². The van der Waals surface area contributed by atoms with E-state index in [-0.39, 0.29) is 0 Å². The van der Waals surface area contributed by atoms with Gasteiger partial charge in [-0.1, -0.05) is 12.2 Å². The summed E-state index contributed by atoms with van der Waals surface area (Å²) in [6.45, 7) is 0. The van der Waals surface area contributed by atoms with Gasteiger partial charge in [0.05, 0.1) is 0 Å². The van der Waals surface area contributed by atoms with E-state index in [2.05, 4.69) is 16.5 Å². The highest BCUT2D eigenvalue weighted by molar-refractivity contribution is 7.87. The molecule has 0 aromatic carbocycles. The van der Waals surface area contributed by atoms with Crippen molar-refractivity contribution >= 4 is 15.9 Å². The van der Waals surface area contributed by atoms with Gasteiger partial charge in [-0.25, -0.2) is 0 Å². The Morgan fingerprint density at radius 3 is 2.12 bits per heavy atom. The van der Waals surface area contributed by atoms with Crippen molar-refractivity contribution in [2.24, 2.45) is 16.2 Å². The molecule has 1 saturated carbocycles. The van der Waals surface area contributed by atoms with Crippen molar-refractivity contribution in [3.8, 4) is 0 Å². The van der Waals surface area contributed by atoms with E-state index < -0.39 is 10.2 Å². The molecule has 0 radical (unpaired) electrons. The van der Waals surface area contributed by atoms with Gasteiger partial charge in [-0.3, -0.25) is 0 Å². The lowest BCUT2D eigenvalue weighted by atomic mass is 10.0. The first-order chi connectivity index (χ1) is 7.50. The van der Waals surface area contributed by atoms with Crippen molar-refractivity contribution in [2.75, 3.05) is 14.1 Å². The van der Waals surface area contributed by atoms with Gasteiger partial charge in [0, 0.05) is 31.6 Å². The first-order valence-electron chi connectivity index (χ1n) is 5.68. The highest BCUT2D eigenvalue weighted by Crippen LogP contribution is 2.36. The molecule has 0 unspecified atom stereocenters. The average Bonchev–Trinajstić information content (AvgIpc) is 2.39. The van der Waals surface area contributed by atoms with Crippen molar-refractivity contribution in [2.45, 2.75) is 25.7 Å². The number of rotatable bonds is 2. The fraction of sp³-hybridized carbons (Fsp3) is 0.727. The van der Waals surface area contributed by atoms with Crippen molar-refractivity contribution < 1.29 is 8.42 Å². The van der Waals surface area contributed by atoms with Crippen LogP contribution in [0.3, 0.4) is 0 Å². The molecule has 0 aliphatic heterocycles. The zero-order valence-electron chi connectivity index (χ0n) is 9.76. The zero-order valence-corrected chi connectivity index (χ0v) is 10.6. The molecular formula is C11H18N2O2S. The van der Waals surface area contributed by atoms with Gasteiger partial charge in [-0.2, -0.15) is 17.1 Å². The Balaban J connectivity index is 2.31. The topological polar surface area (TPSA) is 49.7 Å². The molecule has 2 aliphatic rings. The summed E-state index contributed by atoms with van der Waals surface area (Å²) in [4.78, 5) is 0. The van der Waals surface area contributed by atoms with Gasteiger partial charge < -0.3 is 0 Å². The van der Waals surface area contributed by atoms with Gasteiger partial charge >= 0.3 is 10.2 Å². The minimum atomic E-state index is -3.45. The van der Waals surface area contributed by atoms with Gasteiger partial charge in [-0.05, 0) is 25.7 Å². The summed E-state index contributed by atoms with van der Waals surface area (Å²) in [5, 5.41) is 0. The molecule has 0 aromatic heterocycles. The molecular weight excluding hydrogens is 224 g/mol. The van der Waals surface area contributed by atoms with Gasteiger partial charge in [0.25, 0.3) is 0 Å². The van der Waals surface area contributed by atoms with Crippen LogP contribution in [0.4, 0.5) is 0 Å². The van der Waals surface area contributed by atoms with E-state index in [0.29, 0.717) is 11.8 Å². The molecule has 2 aliphatic carbocycles. The summed E-state index contributed by atoms with van der Waals surface area (Å²) < 4.78 is 28.7. The van der Waals surface area contributed by atoms with E-state index in [1.165, 1.54) is 18.4 Å². The third-order valence-electron chi connectivity index (χ3n) is 3.39. The summed E-state index contributed by atoms with van der Waals surface area (Å²) in [7, 11) is -0.398. The Morgan fingerprint density at radius 1 is 1.19 bits per heavy atom. The minimum Gasteiger partial charge on any atom is -0.189 e. The van der Waals surface area contributed by atoms with E-state index in [1.807, 2.05) is 0 Å². The molecule has 0 aromatic rings. The highest BCUT2D eigenvalue weighted by Gasteiger charge is 2.33. The largest absolute Gasteiger partial charge is 0.321 e. The normalized spacial score (nSPS) is 32.3.